The predicted octanol–water partition coefficient (Wildman–Crippen LogP) is 3.15. The quantitative estimate of drug-likeness (QED) is 0.332. The molecule has 3 heterocycles. The first-order valence-corrected chi connectivity index (χ1v) is 13.6. The number of hydrogen-bond donors (Lipinski definition) is 3. The molecule has 6 rings (SSSR count). The minimum Gasteiger partial charge on any atom is -0.473 e. The van der Waals surface area contributed by atoms with Crippen molar-refractivity contribution in [3.8, 4) is 17.7 Å². The number of H-pyrrole nitrogens is 1. The summed E-state index contributed by atoms with van der Waals surface area (Å²) in [6.45, 7) is 1.94. The summed E-state index contributed by atoms with van der Waals surface area (Å²) < 4.78 is 29.5. The van der Waals surface area contributed by atoms with E-state index in [0.717, 1.165) is 30.2 Å². The van der Waals surface area contributed by atoms with Crippen molar-refractivity contribution in [2.24, 2.45) is 17.0 Å². The summed E-state index contributed by atoms with van der Waals surface area (Å²) in [5.41, 5.74) is 3.26. The summed E-state index contributed by atoms with van der Waals surface area (Å²) in [5, 5.41) is 8.51. The molecule has 4 aromatic rings. The van der Waals surface area contributed by atoms with E-state index in [2.05, 4.69) is 37.1 Å². The molecule has 3 aromatic heterocycles. The summed E-state index contributed by atoms with van der Waals surface area (Å²) in [5.74, 6) is 8.37. The van der Waals surface area contributed by atoms with Gasteiger partial charge in [-0.15, -0.1) is 0 Å². The van der Waals surface area contributed by atoms with Crippen molar-refractivity contribution >= 4 is 27.0 Å². The molecule has 4 N–H and O–H groups in total. The van der Waals surface area contributed by atoms with Gasteiger partial charge in [-0.2, -0.15) is 4.98 Å². The molecule has 0 spiro atoms. The smallest absolute Gasteiger partial charge is 0.245 e. The zero-order valence-corrected chi connectivity index (χ0v) is 20.9. The van der Waals surface area contributed by atoms with Crippen LogP contribution < -0.4 is 15.2 Å². The number of ether oxygens (including phenoxy) is 1. The second kappa shape index (κ2) is 9.14. The molecule has 0 radical (unpaired) electrons. The van der Waals surface area contributed by atoms with Crippen molar-refractivity contribution in [2.45, 2.75) is 43.2 Å². The molecule has 0 aliphatic heterocycles. The normalized spacial score (nSPS) is 21.1. The summed E-state index contributed by atoms with van der Waals surface area (Å²) in [6, 6.07) is 9.86. The molecule has 2 fully saturated rings. The number of rotatable bonds is 6. The molecule has 188 valence electrons. The van der Waals surface area contributed by atoms with Crippen LogP contribution in [0.25, 0.3) is 11.0 Å². The van der Waals surface area contributed by atoms with Gasteiger partial charge in [0.15, 0.2) is 5.52 Å². The molecule has 2 saturated carbocycles. The fourth-order valence-corrected chi connectivity index (χ4v) is 5.31. The van der Waals surface area contributed by atoms with Gasteiger partial charge in [-0.1, -0.05) is 12.1 Å². The van der Waals surface area contributed by atoms with E-state index in [1.807, 2.05) is 19.1 Å². The highest BCUT2D eigenvalue weighted by Crippen LogP contribution is 2.52. The number of aromatic nitrogens is 5. The van der Waals surface area contributed by atoms with E-state index in [4.69, 9.17) is 14.9 Å². The van der Waals surface area contributed by atoms with Crippen LogP contribution in [0.4, 0.5) is 5.95 Å². The van der Waals surface area contributed by atoms with Gasteiger partial charge in [0.2, 0.25) is 21.9 Å². The Hall–Kier alpha value is -4.01. The number of imidazole rings is 1. The number of benzene rings is 1. The number of fused-ring (bicyclic) bond motifs is 2. The van der Waals surface area contributed by atoms with Crippen LogP contribution in [0.3, 0.4) is 0 Å². The van der Waals surface area contributed by atoms with Crippen molar-refractivity contribution in [1.82, 2.24) is 24.9 Å². The number of sulfonamides is 1. The average Bonchev–Trinajstić information content (AvgIpc) is 3.23. The van der Waals surface area contributed by atoms with Crippen LogP contribution in [-0.2, 0) is 10.0 Å². The number of nitrogens with two attached hydrogens (primary N) is 1. The predicted molar refractivity (Wildman–Crippen MR) is 137 cm³/mol. The molecule has 4 atom stereocenters. The van der Waals surface area contributed by atoms with Crippen LogP contribution in [0.1, 0.15) is 49.2 Å². The summed E-state index contributed by atoms with van der Waals surface area (Å²) in [4.78, 5) is 21.1. The highest BCUT2D eigenvalue weighted by molar-refractivity contribution is 7.89. The Labute approximate surface area is 214 Å². The number of anilines is 1. The van der Waals surface area contributed by atoms with Crippen LogP contribution in [0, 0.1) is 23.7 Å². The highest BCUT2D eigenvalue weighted by Gasteiger charge is 2.47. The number of aromatic amines is 1. The molecular formula is C26H25N7O3S. The first-order chi connectivity index (χ1) is 17.8. The van der Waals surface area contributed by atoms with Gasteiger partial charge in [-0.3, -0.25) is 0 Å². The second-order valence-electron chi connectivity index (χ2n) is 9.57. The van der Waals surface area contributed by atoms with Crippen LogP contribution in [0.2, 0.25) is 0 Å². The number of nitrogens with one attached hydrogen (secondary N) is 2. The van der Waals surface area contributed by atoms with Crippen LogP contribution in [0.5, 0.6) is 5.88 Å². The standard InChI is InChI=1S/C26H25N7O3S/c1-15(16-2-7-22(8-3-16)37(27,34)35)30-26-32-23-9-6-19(4-5-20-13-28-14-29-20)31-24(23)25(33-26)36-21-11-17-10-18(17)12-21/h2-3,6-9,13-15,17-18,21H,10-12H2,1H3,(H,28,29)(H2,27,34,35)(H,30,32,33)/t15-,17-,18+,21-/m1/s1. The Bertz CT molecular complexity index is 1620. The van der Waals surface area contributed by atoms with E-state index in [1.54, 1.807) is 24.7 Å². The molecule has 2 aliphatic rings. The first kappa shape index (κ1) is 23.4. The lowest BCUT2D eigenvalue weighted by Gasteiger charge is -2.18. The molecule has 0 saturated heterocycles. The minimum absolute atomic E-state index is 0.0629. The fourth-order valence-electron chi connectivity index (χ4n) is 4.80. The maximum Gasteiger partial charge on any atom is 0.245 e. The van der Waals surface area contributed by atoms with E-state index in [-0.39, 0.29) is 17.0 Å². The van der Waals surface area contributed by atoms with Gasteiger partial charge in [0.05, 0.1) is 22.8 Å². The average molecular weight is 516 g/mol. The third kappa shape index (κ3) is 5.12. The van der Waals surface area contributed by atoms with E-state index in [1.165, 1.54) is 18.6 Å². The number of hydrogen-bond acceptors (Lipinski definition) is 8. The molecule has 0 bridgehead atoms. The molecule has 37 heavy (non-hydrogen) atoms. The zero-order chi connectivity index (χ0) is 25.6. The molecule has 2 aliphatic carbocycles. The van der Waals surface area contributed by atoms with Crippen molar-refractivity contribution in [1.29, 1.82) is 0 Å². The van der Waals surface area contributed by atoms with Crippen molar-refractivity contribution in [2.75, 3.05) is 5.32 Å². The number of nitrogens with zero attached hydrogens (tertiary/aromatic N) is 4. The van der Waals surface area contributed by atoms with Gasteiger partial charge >= 0.3 is 0 Å². The Kier molecular flexibility index (Phi) is 5.78. The largest absolute Gasteiger partial charge is 0.473 e. The Morgan fingerprint density at radius 2 is 1.78 bits per heavy atom. The summed E-state index contributed by atoms with van der Waals surface area (Å²) in [7, 11) is -3.75. The minimum atomic E-state index is -3.75. The van der Waals surface area contributed by atoms with Gasteiger partial charge in [0.1, 0.15) is 17.5 Å². The van der Waals surface area contributed by atoms with Crippen LogP contribution in [0.15, 0.2) is 53.8 Å². The lowest BCUT2D eigenvalue weighted by Crippen LogP contribution is -2.17. The molecule has 0 amide bonds. The molecule has 1 aromatic carbocycles. The van der Waals surface area contributed by atoms with E-state index < -0.39 is 10.0 Å². The maximum absolute atomic E-state index is 11.6. The van der Waals surface area contributed by atoms with Gasteiger partial charge in [0, 0.05) is 6.20 Å². The fraction of sp³-hybridized carbons (Fsp3) is 0.308. The molecule has 10 nitrogen and oxygen atoms in total. The van der Waals surface area contributed by atoms with Gasteiger partial charge in [-0.25, -0.2) is 28.5 Å². The number of primary sulfonamides is 1. The SMILES string of the molecule is C[C@@H](Nc1nc(O[C@H]2C[C@@H]3C[C@@H]3C2)c2nc(C#Cc3c[nH]cn3)ccc2n1)c1ccc(S(N)(=O)=O)cc1. The molecule has 11 heteroatoms. The van der Waals surface area contributed by atoms with E-state index in [9.17, 15) is 8.42 Å². The second-order valence-corrected chi connectivity index (χ2v) is 11.1. The maximum atomic E-state index is 11.6. The third-order valence-electron chi connectivity index (χ3n) is 6.86. The van der Waals surface area contributed by atoms with Gasteiger partial charge < -0.3 is 15.0 Å². The molecular weight excluding hydrogens is 490 g/mol. The number of pyridine rings is 1. The Morgan fingerprint density at radius 1 is 1.03 bits per heavy atom. The first-order valence-electron chi connectivity index (χ1n) is 12.1. The van der Waals surface area contributed by atoms with Crippen LogP contribution in [-0.4, -0.2) is 39.4 Å². The highest BCUT2D eigenvalue weighted by atomic mass is 32.2. The van der Waals surface area contributed by atoms with Crippen molar-refractivity contribution < 1.29 is 13.2 Å². The zero-order valence-electron chi connectivity index (χ0n) is 20.0. The van der Waals surface area contributed by atoms with Crippen LogP contribution >= 0.6 is 0 Å². The Morgan fingerprint density at radius 3 is 2.49 bits per heavy atom. The monoisotopic (exact) mass is 515 g/mol. The summed E-state index contributed by atoms with van der Waals surface area (Å²) >= 11 is 0. The third-order valence-corrected chi connectivity index (χ3v) is 7.79. The van der Waals surface area contributed by atoms with Gasteiger partial charge in [-0.05, 0) is 79.7 Å². The van der Waals surface area contributed by atoms with E-state index >= 15 is 0 Å². The topological polar surface area (TPSA) is 149 Å². The van der Waals surface area contributed by atoms with E-state index in [0.29, 0.717) is 34.2 Å². The Balaban J connectivity index is 1.30. The van der Waals surface area contributed by atoms with Crippen molar-refractivity contribution in [3.05, 3.63) is 65.9 Å². The van der Waals surface area contributed by atoms with Gasteiger partial charge in [0.25, 0.3) is 0 Å². The molecule has 0 unspecified atom stereocenters. The van der Waals surface area contributed by atoms with Crippen molar-refractivity contribution in [3.63, 3.8) is 0 Å². The lowest BCUT2D eigenvalue weighted by atomic mass is 10.1. The summed E-state index contributed by atoms with van der Waals surface area (Å²) in [6.07, 6.45) is 6.77. The lowest BCUT2D eigenvalue weighted by molar-refractivity contribution is 0.189.